The second kappa shape index (κ2) is 9.98. The molecule has 2 aliphatic heterocycles. The van der Waals surface area contributed by atoms with E-state index in [-0.39, 0.29) is 48.6 Å². The minimum absolute atomic E-state index is 0. The first-order valence-electron chi connectivity index (χ1n) is 10.1. The Morgan fingerprint density at radius 1 is 1.18 bits per heavy atom. The zero-order valence-electron chi connectivity index (χ0n) is 17.2. The number of nitrogens with one attached hydrogen (secondary N) is 2. The highest BCUT2D eigenvalue weighted by Crippen LogP contribution is 2.19. The van der Waals surface area contributed by atoms with Gasteiger partial charge in [-0.3, -0.25) is 9.79 Å². The van der Waals surface area contributed by atoms with Crippen LogP contribution in [0.2, 0.25) is 0 Å². The van der Waals surface area contributed by atoms with E-state index in [4.69, 9.17) is 4.74 Å². The third-order valence-electron chi connectivity index (χ3n) is 5.24. The quantitative estimate of drug-likeness (QED) is 0.571. The van der Waals surface area contributed by atoms with Crippen molar-refractivity contribution >= 4 is 41.9 Å². The van der Waals surface area contributed by atoms with Crippen molar-refractivity contribution in [2.24, 2.45) is 4.99 Å². The zero-order chi connectivity index (χ0) is 19.4. The molecule has 1 atom stereocenters. The van der Waals surface area contributed by atoms with Gasteiger partial charge in [0, 0.05) is 25.7 Å². The summed E-state index contributed by atoms with van der Waals surface area (Å²) in [6.45, 7) is 8.39. The number of piperazine rings is 1. The first-order chi connectivity index (χ1) is 12.8. The number of rotatable bonds is 3. The lowest BCUT2D eigenvalue weighted by atomic mass is 9.95. The molecule has 2 fully saturated rings. The number of carbonyl (C=O) groups excluding carboxylic acids is 2. The summed E-state index contributed by atoms with van der Waals surface area (Å²) in [5, 5.41) is 6.30. The van der Waals surface area contributed by atoms with E-state index in [0.29, 0.717) is 32.2 Å². The number of carbonyl (C=O) groups is 2. The summed E-state index contributed by atoms with van der Waals surface area (Å²) in [5.41, 5.74) is -0.487. The molecule has 0 spiro atoms. The summed E-state index contributed by atoms with van der Waals surface area (Å²) in [4.78, 5) is 32.9. The zero-order valence-corrected chi connectivity index (χ0v) is 19.5. The van der Waals surface area contributed by atoms with Crippen molar-refractivity contribution in [3.63, 3.8) is 0 Å². The predicted molar refractivity (Wildman–Crippen MR) is 119 cm³/mol. The number of ether oxygens (including phenoxy) is 1. The molecule has 0 radical (unpaired) electrons. The molecule has 2 N–H and O–H groups in total. The molecular formula is C19H34IN5O3. The number of aliphatic imine (C=N–C) groups is 1. The topological polar surface area (TPSA) is 86.3 Å². The van der Waals surface area contributed by atoms with Crippen LogP contribution in [0.5, 0.6) is 0 Å². The molecule has 28 heavy (non-hydrogen) atoms. The van der Waals surface area contributed by atoms with Gasteiger partial charge in [-0.1, -0.05) is 19.3 Å². The smallest absolute Gasteiger partial charge is 0.410 e. The van der Waals surface area contributed by atoms with Crippen LogP contribution in [0.3, 0.4) is 0 Å². The molecule has 8 nitrogen and oxygen atoms in total. The molecule has 0 aromatic carbocycles. The molecule has 9 heteroatoms. The van der Waals surface area contributed by atoms with E-state index in [0.717, 1.165) is 18.8 Å². The predicted octanol–water partition coefficient (Wildman–Crippen LogP) is 1.93. The van der Waals surface area contributed by atoms with Crippen LogP contribution in [0.1, 0.15) is 52.9 Å². The molecule has 1 saturated carbocycles. The molecule has 2 amide bonds. The molecule has 160 valence electrons. The van der Waals surface area contributed by atoms with Crippen molar-refractivity contribution < 1.29 is 14.3 Å². The van der Waals surface area contributed by atoms with Crippen LogP contribution in [0.25, 0.3) is 0 Å². The standard InChI is InChI=1S/C19H33N5O3.HI/c1-19(2,3)27-18(26)23-9-10-24-15(13-23)11-20-17(24)21-12-16(25)22-14-7-5-4-6-8-14;/h14-15H,4-13H2,1-3H3,(H,20,21)(H,22,25);1H. The lowest BCUT2D eigenvalue weighted by Gasteiger charge is -2.39. The Morgan fingerprint density at radius 3 is 2.57 bits per heavy atom. The fourth-order valence-electron chi connectivity index (χ4n) is 3.91. The van der Waals surface area contributed by atoms with Crippen molar-refractivity contribution in [1.29, 1.82) is 0 Å². The summed E-state index contributed by atoms with van der Waals surface area (Å²) in [7, 11) is 0. The van der Waals surface area contributed by atoms with Gasteiger partial charge >= 0.3 is 6.09 Å². The number of halogens is 1. The van der Waals surface area contributed by atoms with Crippen LogP contribution in [0, 0.1) is 0 Å². The SMILES string of the molecule is CC(C)(C)OC(=O)N1CCN2C(NCC(=O)NC3CCCCC3)=NCC2C1.I. The number of amides is 2. The van der Waals surface area contributed by atoms with E-state index in [1.54, 1.807) is 4.90 Å². The van der Waals surface area contributed by atoms with E-state index < -0.39 is 5.60 Å². The second-order valence-corrected chi connectivity index (χ2v) is 8.69. The molecule has 0 aromatic rings. The molecule has 3 rings (SSSR count). The Hall–Kier alpha value is -1.26. The monoisotopic (exact) mass is 507 g/mol. The fraction of sp³-hybridized carbons (Fsp3) is 0.842. The van der Waals surface area contributed by atoms with Crippen LogP contribution >= 0.6 is 24.0 Å². The number of hydrogen-bond acceptors (Lipinski definition) is 6. The van der Waals surface area contributed by atoms with Gasteiger partial charge in [-0.25, -0.2) is 4.79 Å². The van der Waals surface area contributed by atoms with Gasteiger partial charge in [0.1, 0.15) is 5.60 Å². The Labute approximate surface area is 184 Å². The van der Waals surface area contributed by atoms with Crippen molar-refractivity contribution in [3.8, 4) is 0 Å². The lowest BCUT2D eigenvalue weighted by Crippen LogP contribution is -2.58. The maximum absolute atomic E-state index is 12.3. The maximum Gasteiger partial charge on any atom is 0.410 e. The van der Waals surface area contributed by atoms with E-state index in [1.807, 2.05) is 20.8 Å². The van der Waals surface area contributed by atoms with E-state index in [1.165, 1.54) is 19.3 Å². The second-order valence-electron chi connectivity index (χ2n) is 8.69. The molecule has 1 saturated heterocycles. The highest BCUT2D eigenvalue weighted by molar-refractivity contribution is 14.0. The van der Waals surface area contributed by atoms with Gasteiger partial charge in [-0.2, -0.15) is 0 Å². The number of fused-ring (bicyclic) bond motifs is 1. The Morgan fingerprint density at radius 2 is 1.89 bits per heavy atom. The molecular weight excluding hydrogens is 473 g/mol. The van der Waals surface area contributed by atoms with Gasteiger partial charge in [0.25, 0.3) is 0 Å². The van der Waals surface area contributed by atoms with Crippen molar-refractivity contribution in [1.82, 2.24) is 20.4 Å². The minimum Gasteiger partial charge on any atom is -0.444 e. The van der Waals surface area contributed by atoms with Crippen molar-refractivity contribution in [2.75, 3.05) is 32.7 Å². The maximum atomic E-state index is 12.3. The Kier molecular flexibility index (Phi) is 8.20. The first kappa shape index (κ1) is 23.0. The molecule has 1 aliphatic carbocycles. The Balaban J connectivity index is 0.00000280. The van der Waals surface area contributed by atoms with Gasteiger partial charge in [-0.05, 0) is 33.6 Å². The summed E-state index contributed by atoms with van der Waals surface area (Å²) in [6.07, 6.45) is 5.58. The van der Waals surface area contributed by atoms with Crippen molar-refractivity contribution in [2.45, 2.75) is 70.6 Å². The van der Waals surface area contributed by atoms with Gasteiger partial charge in [0.2, 0.25) is 5.91 Å². The normalized spacial score (nSPS) is 22.7. The van der Waals surface area contributed by atoms with Gasteiger partial charge < -0.3 is 25.2 Å². The molecule has 0 bridgehead atoms. The summed E-state index contributed by atoms with van der Waals surface area (Å²) >= 11 is 0. The largest absolute Gasteiger partial charge is 0.444 e. The first-order valence-corrected chi connectivity index (χ1v) is 10.1. The number of guanidine groups is 1. The van der Waals surface area contributed by atoms with Crippen LogP contribution in [-0.4, -0.2) is 78.2 Å². The minimum atomic E-state index is -0.487. The lowest BCUT2D eigenvalue weighted by molar-refractivity contribution is -0.120. The van der Waals surface area contributed by atoms with E-state index >= 15 is 0 Å². The molecule has 2 heterocycles. The van der Waals surface area contributed by atoms with Gasteiger partial charge in [0.15, 0.2) is 5.96 Å². The summed E-state index contributed by atoms with van der Waals surface area (Å²) in [5.74, 6) is 0.795. The third kappa shape index (κ3) is 6.38. The van der Waals surface area contributed by atoms with Crippen LogP contribution in [-0.2, 0) is 9.53 Å². The average Bonchev–Trinajstić information content (AvgIpc) is 3.01. The highest BCUT2D eigenvalue weighted by Gasteiger charge is 2.36. The fourth-order valence-corrected chi connectivity index (χ4v) is 3.91. The van der Waals surface area contributed by atoms with Gasteiger partial charge in [0.05, 0.1) is 19.1 Å². The number of hydrogen-bond donors (Lipinski definition) is 2. The van der Waals surface area contributed by atoms with Crippen molar-refractivity contribution in [3.05, 3.63) is 0 Å². The van der Waals surface area contributed by atoms with Crippen LogP contribution in [0.15, 0.2) is 4.99 Å². The van der Waals surface area contributed by atoms with Gasteiger partial charge in [-0.15, -0.1) is 24.0 Å². The average molecular weight is 507 g/mol. The summed E-state index contributed by atoms with van der Waals surface area (Å²) in [6, 6.07) is 0.471. The molecule has 0 aromatic heterocycles. The number of nitrogens with zero attached hydrogens (tertiary/aromatic N) is 3. The molecule has 3 aliphatic rings. The summed E-state index contributed by atoms with van der Waals surface area (Å²) < 4.78 is 5.47. The third-order valence-corrected chi connectivity index (χ3v) is 5.24. The highest BCUT2D eigenvalue weighted by atomic mass is 127. The van der Waals surface area contributed by atoms with Crippen LogP contribution < -0.4 is 10.6 Å². The van der Waals surface area contributed by atoms with Crippen LogP contribution in [0.4, 0.5) is 4.79 Å². The Bertz CT molecular complexity index is 587. The van der Waals surface area contributed by atoms with E-state index in [2.05, 4.69) is 20.5 Å². The van der Waals surface area contributed by atoms with E-state index in [9.17, 15) is 9.59 Å². The molecule has 1 unspecified atom stereocenters.